The number of benzene rings is 1. The molecule has 76 valence electrons. The van der Waals surface area contributed by atoms with Crippen LogP contribution in [0, 0.1) is 0 Å². The molecule has 0 heterocycles. The van der Waals surface area contributed by atoms with Gasteiger partial charge in [-0.1, -0.05) is 28.1 Å². The number of ether oxygens (including phenoxy) is 1. The summed E-state index contributed by atoms with van der Waals surface area (Å²) in [6.07, 6.45) is 0.579. The molecule has 0 aliphatic heterocycles. The molecule has 0 spiro atoms. The van der Waals surface area contributed by atoms with Crippen LogP contribution < -0.4 is 0 Å². The molecule has 0 amide bonds. The number of hydrogen-bond acceptors (Lipinski definition) is 3. The average molecular weight is 275 g/mol. The van der Waals surface area contributed by atoms with Crippen molar-refractivity contribution in [2.75, 3.05) is 7.11 Å². The first-order valence-corrected chi connectivity index (χ1v) is 5.44. The van der Waals surface area contributed by atoms with E-state index in [1.54, 1.807) is 0 Å². The number of hydrogen-bond donors (Lipinski definition) is 1. The fraction of sp³-hybridized carbons (Fsp3) is 0.300. The minimum atomic E-state index is -0.394. The van der Waals surface area contributed by atoms with E-state index < -0.39 is 5.25 Å². The highest BCUT2D eigenvalue weighted by atomic mass is 79.9. The maximum absolute atomic E-state index is 11.1. The first kappa shape index (κ1) is 11.6. The summed E-state index contributed by atoms with van der Waals surface area (Å²) < 4.78 is 5.59. The van der Waals surface area contributed by atoms with Gasteiger partial charge in [0.15, 0.2) is 0 Å². The van der Waals surface area contributed by atoms with Crippen molar-refractivity contribution in [2.24, 2.45) is 0 Å². The van der Waals surface area contributed by atoms with Crippen molar-refractivity contribution in [1.82, 2.24) is 0 Å². The first-order valence-electron chi connectivity index (χ1n) is 4.14. The Morgan fingerprint density at radius 1 is 1.64 bits per heavy atom. The van der Waals surface area contributed by atoms with E-state index in [1.807, 2.05) is 24.3 Å². The molecule has 0 aliphatic carbocycles. The minimum Gasteiger partial charge on any atom is -0.468 e. The third-order valence-corrected chi connectivity index (χ3v) is 2.68. The molecule has 1 aromatic carbocycles. The second kappa shape index (κ2) is 5.41. The lowest BCUT2D eigenvalue weighted by atomic mass is 10.1. The molecule has 4 heteroatoms. The number of thiol groups is 1. The van der Waals surface area contributed by atoms with Gasteiger partial charge in [-0.25, -0.2) is 0 Å². The minimum absolute atomic E-state index is 0.298. The van der Waals surface area contributed by atoms with E-state index in [0.29, 0.717) is 6.42 Å². The lowest BCUT2D eigenvalue weighted by Gasteiger charge is -2.08. The molecule has 1 unspecified atom stereocenters. The zero-order valence-electron chi connectivity index (χ0n) is 7.74. The van der Waals surface area contributed by atoms with Crippen molar-refractivity contribution in [3.8, 4) is 0 Å². The van der Waals surface area contributed by atoms with Crippen LogP contribution in [0.15, 0.2) is 28.7 Å². The van der Waals surface area contributed by atoms with Crippen molar-refractivity contribution < 1.29 is 9.53 Å². The normalized spacial score (nSPS) is 12.2. The van der Waals surface area contributed by atoms with Gasteiger partial charge in [-0.05, 0) is 24.1 Å². The van der Waals surface area contributed by atoms with Gasteiger partial charge in [0.1, 0.15) is 5.25 Å². The van der Waals surface area contributed by atoms with Gasteiger partial charge in [0.2, 0.25) is 0 Å². The standard InChI is InChI=1S/C10H11BrO2S/c1-13-10(12)9(14)6-7-3-2-4-8(11)5-7/h2-5,9,14H,6H2,1H3. The Bertz CT molecular complexity index is 328. The van der Waals surface area contributed by atoms with Gasteiger partial charge < -0.3 is 4.74 Å². The molecule has 14 heavy (non-hydrogen) atoms. The predicted molar refractivity (Wildman–Crippen MR) is 62.6 cm³/mol. The van der Waals surface area contributed by atoms with Crippen LogP contribution in [-0.4, -0.2) is 18.3 Å². The van der Waals surface area contributed by atoms with E-state index in [1.165, 1.54) is 7.11 Å². The monoisotopic (exact) mass is 274 g/mol. The highest BCUT2D eigenvalue weighted by Gasteiger charge is 2.14. The number of methoxy groups -OCH3 is 1. The van der Waals surface area contributed by atoms with E-state index in [-0.39, 0.29) is 5.97 Å². The van der Waals surface area contributed by atoms with Gasteiger partial charge >= 0.3 is 5.97 Å². The van der Waals surface area contributed by atoms with Crippen molar-refractivity contribution in [3.05, 3.63) is 34.3 Å². The van der Waals surface area contributed by atoms with Gasteiger partial charge in [-0.15, -0.1) is 0 Å². The molecule has 0 aromatic heterocycles. The van der Waals surface area contributed by atoms with Crippen LogP contribution in [0.5, 0.6) is 0 Å². The Hall–Kier alpha value is -0.480. The highest BCUT2D eigenvalue weighted by Crippen LogP contribution is 2.15. The fourth-order valence-electron chi connectivity index (χ4n) is 1.11. The molecule has 1 rings (SSSR count). The summed E-state index contributed by atoms with van der Waals surface area (Å²) in [6, 6.07) is 7.79. The van der Waals surface area contributed by atoms with Crippen molar-refractivity contribution in [3.63, 3.8) is 0 Å². The second-order valence-electron chi connectivity index (χ2n) is 2.87. The number of carbonyl (C=O) groups excluding carboxylic acids is 1. The van der Waals surface area contributed by atoms with Crippen LogP contribution in [-0.2, 0) is 16.0 Å². The third-order valence-electron chi connectivity index (χ3n) is 1.79. The molecular weight excluding hydrogens is 264 g/mol. The Morgan fingerprint density at radius 2 is 2.36 bits per heavy atom. The van der Waals surface area contributed by atoms with Crippen molar-refractivity contribution >= 4 is 34.5 Å². The average Bonchev–Trinajstić information content (AvgIpc) is 2.16. The summed E-state index contributed by atoms with van der Waals surface area (Å²) in [5.74, 6) is -0.298. The predicted octanol–water partition coefficient (Wildman–Crippen LogP) is 2.46. The number of esters is 1. The number of carbonyl (C=O) groups is 1. The Balaban J connectivity index is 2.64. The highest BCUT2D eigenvalue weighted by molar-refractivity contribution is 9.10. The number of halogens is 1. The Kier molecular flexibility index (Phi) is 4.48. The second-order valence-corrected chi connectivity index (χ2v) is 4.41. The van der Waals surface area contributed by atoms with Gasteiger partial charge in [-0.3, -0.25) is 4.79 Å². The lowest BCUT2D eigenvalue weighted by Crippen LogP contribution is -2.18. The topological polar surface area (TPSA) is 26.3 Å². The summed E-state index contributed by atoms with van der Waals surface area (Å²) in [6.45, 7) is 0. The van der Waals surface area contributed by atoms with E-state index in [4.69, 9.17) is 0 Å². The molecule has 0 saturated heterocycles. The fourth-order valence-corrected chi connectivity index (χ4v) is 1.87. The molecule has 0 bridgehead atoms. The van der Waals surface area contributed by atoms with Gasteiger partial charge in [-0.2, -0.15) is 12.6 Å². The Labute approximate surface area is 97.2 Å². The quantitative estimate of drug-likeness (QED) is 0.677. The van der Waals surface area contributed by atoms with Crippen LogP contribution in [0.3, 0.4) is 0 Å². The van der Waals surface area contributed by atoms with Crippen molar-refractivity contribution in [1.29, 1.82) is 0 Å². The van der Waals surface area contributed by atoms with E-state index >= 15 is 0 Å². The SMILES string of the molecule is COC(=O)C(S)Cc1cccc(Br)c1. The van der Waals surface area contributed by atoms with Crippen molar-refractivity contribution in [2.45, 2.75) is 11.7 Å². The first-order chi connectivity index (χ1) is 6.63. The van der Waals surface area contributed by atoms with E-state index in [0.717, 1.165) is 10.0 Å². The maximum Gasteiger partial charge on any atom is 0.318 e. The van der Waals surface area contributed by atoms with E-state index in [9.17, 15) is 4.79 Å². The molecule has 0 saturated carbocycles. The summed E-state index contributed by atoms with van der Waals surface area (Å²) in [4.78, 5) is 11.1. The smallest absolute Gasteiger partial charge is 0.318 e. The summed E-state index contributed by atoms with van der Waals surface area (Å²) in [5, 5.41) is -0.394. The van der Waals surface area contributed by atoms with Crippen LogP contribution in [0.1, 0.15) is 5.56 Å². The van der Waals surface area contributed by atoms with Crippen LogP contribution in [0.4, 0.5) is 0 Å². The third kappa shape index (κ3) is 3.35. The molecule has 0 radical (unpaired) electrons. The molecular formula is C10H11BrO2S. The van der Waals surface area contributed by atoms with Gasteiger partial charge in [0.05, 0.1) is 7.11 Å². The van der Waals surface area contributed by atoms with Gasteiger partial charge in [0.25, 0.3) is 0 Å². The summed E-state index contributed by atoms with van der Waals surface area (Å²) in [7, 11) is 1.37. The molecule has 2 nitrogen and oxygen atoms in total. The van der Waals surface area contributed by atoms with E-state index in [2.05, 4.69) is 33.3 Å². The zero-order chi connectivity index (χ0) is 10.6. The van der Waals surface area contributed by atoms with Crippen LogP contribution >= 0.6 is 28.6 Å². The molecule has 0 aliphatic rings. The van der Waals surface area contributed by atoms with Gasteiger partial charge in [0, 0.05) is 4.47 Å². The zero-order valence-corrected chi connectivity index (χ0v) is 10.2. The molecule has 1 atom stereocenters. The molecule has 1 aromatic rings. The summed E-state index contributed by atoms with van der Waals surface area (Å²) in [5.41, 5.74) is 1.06. The molecule has 0 N–H and O–H groups in total. The molecule has 0 fully saturated rings. The maximum atomic E-state index is 11.1. The largest absolute Gasteiger partial charge is 0.468 e. The van der Waals surface area contributed by atoms with Crippen LogP contribution in [0.25, 0.3) is 0 Å². The lowest BCUT2D eigenvalue weighted by molar-refractivity contribution is -0.139. The summed E-state index contributed by atoms with van der Waals surface area (Å²) >= 11 is 7.53. The number of rotatable bonds is 3. The van der Waals surface area contributed by atoms with Crippen LogP contribution in [0.2, 0.25) is 0 Å². The Morgan fingerprint density at radius 3 is 2.93 bits per heavy atom.